The molecular formula is C14H25N5. The highest BCUT2D eigenvalue weighted by molar-refractivity contribution is 5.56. The molecule has 1 aliphatic heterocycles. The minimum atomic E-state index is 0.605. The van der Waals surface area contributed by atoms with E-state index in [1.165, 1.54) is 19.4 Å². The smallest absolute Gasteiger partial charge is 0.137 e. The van der Waals surface area contributed by atoms with Crippen LogP contribution in [-0.4, -0.2) is 48.1 Å². The Morgan fingerprint density at radius 2 is 2.16 bits per heavy atom. The fourth-order valence-electron chi connectivity index (χ4n) is 2.71. The molecule has 0 aliphatic carbocycles. The molecule has 5 heteroatoms. The SMILES string of the molecule is CCc1nc(N)c(C)c(N(C)CC2CCCN2C)n1. The van der Waals surface area contributed by atoms with Crippen molar-refractivity contribution in [3.63, 3.8) is 0 Å². The summed E-state index contributed by atoms with van der Waals surface area (Å²) in [4.78, 5) is 13.6. The number of anilines is 2. The van der Waals surface area contributed by atoms with Gasteiger partial charge in [-0.2, -0.15) is 0 Å². The first-order chi connectivity index (χ1) is 9.02. The van der Waals surface area contributed by atoms with Crippen LogP contribution in [0.3, 0.4) is 0 Å². The highest BCUT2D eigenvalue weighted by Crippen LogP contribution is 2.23. The molecule has 2 rings (SSSR count). The average Bonchev–Trinajstić information content (AvgIpc) is 2.78. The van der Waals surface area contributed by atoms with E-state index >= 15 is 0 Å². The number of nitrogens with two attached hydrogens (primary N) is 1. The van der Waals surface area contributed by atoms with Gasteiger partial charge in [-0.05, 0) is 33.4 Å². The second kappa shape index (κ2) is 5.74. The predicted molar refractivity (Wildman–Crippen MR) is 79.5 cm³/mol. The topological polar surface area (TPSA) is 58.3 Å². The van der Waals surface area contributed by atoms with Gasteiger partial charge in [0.25, 0.3) is 0 Å². The lowest BCUT2D eigenvalue weighted by atomic mass is 10.2. The summed E-state index contributed by atoms with van der Waals surface area (Å²) in [7, 11) is 4.30. The van der Waals surface area contributed by atoms with Crippen molar-refractivity contribution in [1.82, 2.24) is 14.9 Å². The van der Waals surface area contributed by atoms with Crippen LogP contribution in [0.1, 0.15) is 31.2 Å². The Morgan fingerprint density at radius 1 is 1.42 bits per heavy atom. The number of nitrogen functional groups attached to an aromatic ring is 1. The first kappa shape index (κ1) is 14.1. The first-order valence-electron chi connectivity index (χ1n) is 7.07. The standard InChI is InChI=1S/C14H25N5/c1-5-12-16-13(15)10(2)14(17-12)19(4)9-11-7-6-8-18(11)3/h11H,5-9H2,1-4H3,(H2,15,16,17). The van der Waals surface area contributed by atoms with Gasteiger partial charge in [-0.3, -0.25) is 0 Å². The molecule has 5 nitrogen and oxygen atoms in total. The summed E-state index contributed by atoms with van der Waals surface area (Å²) in [6.07, 6.45) is 3.37. The molecule has 1 aromatic rings. The lowest BCUT2D eigenvalue weighted by Crippen LogP contribution is -2.37. The summed E-state index contributed by atoms with van der Waals surface area (Å²) < 4.78 is 0. The summed E-state index contributed by atoms with van der Waals surface area (Å²) in [6.45, 7) is 6.25. The van der Waals surface area contributed by atoms with E-state index in [-0.39, 0.29) is 0 Å². The molecule has 19 heavy (non-hydrogen) atoms. The van der Waals surface area contributed by atoms with Gasteiger partial charge in [0, 0.05) is 31.6 Å². The van der Waals surface area contributed by atoms with Crippen molar-refractivity contribution < 1.29 is 0 Å². The van der Waals surface area contributed by atoms with Crippen LogP contribution in [0.25, 0.3) is 0 Å². The molecule has 0 saturated carbocycles. The van der Waals surface area contributed by atoms with Crippen molar-refractivity contribution in [2.24, 2.45) is 0 Å². The van der Waals surface area contributed by atoms with Gasteiger partial charge in [0.05, 0.1) is 0 Å². The lowest BCUT2D eigenvalue weighted by Gasteiger charge is -2.28. The van der Waals surface area contributed by atoms with Crippen LogP contribution in [0, 0.1) is 6.92 Å². The zero-order valence-corrected chi connectivity index (χ0v) is 12.5. The molecule has 1 saturated heterocycles. The number of rotatable bonds is 4. The molecule has 0 radical (unpaired) electrons. The molecule has 0 spiro atoms. The van der Waals surface area contributed by atoms with Crippen LogP contribution in [0.15, 0.2) is 0 Å². The summed E-state index contributed by atoms with van der Waals surface area (Å²) in [5.74, 6) is 2.41. The first-order valence-corrected chi connectivity index (χ1v) is 7.07. The Labute approximate surface area is 115 Å². The number of hydrogen-bond acceptors (Lipinski definition) is 5. The van der Waals surface area contributed by atoms with Gasteiger partial charge in [0.2, 0.25) is 0 Å². The quantitative estimate of drug-likeness (QED) is 0.891. The Balaban J connectivity index is 2.18. The molecule has 0 aromatic carbocycles. The molecule has 2 heterocycles. The molecule has 1 fully saturated rings. The third-order valence-corrected chi connectivity index (χ3v) is 4.04. The van der Waals surface area contributed by atoms with Gasteiger partial charge in [0.15, 0.2) is 0 Å². The molecule has 0 bridgehead atoms. The molecule has 106 valence electrons. The van der Waals surface area contributed by atoms with Crippen molar-refractivity contribution in [3.8, 4) is 0 Å². The Morgan fingerprint density at radius 3 is 2.74 bits per heavy atom. The Hall–Kier alpha value is -1.36. The van der Waals surface area contributed by atoms with Gasteiger partial charge in [-0.25, -0.2) is 9.97 Å². The monoisotopic (exact) mass is 263 g/mol. The van der Waals surface area contributed by atoms with Gasteiger partial charge in [0.1, 0.15) is 17.5 Å². The van der Waals surface area contributed by atoms with Crippen molar-refractivity contribution in [2.45, 2.75) is 39.2 Å². The largest absolute Gasteiger partial charge is 0.383 e. The fraction of sp³-hybridized carbons (Fsp3) is 0.714. The normalized spacial score (nSPS) is 19.9. The highest BCUT2D eigenvalue weighted by Gasteiger charge is 2.23. The number of aromatic nitrogens is 2. The molecular weight excluding hydrogens is 238 g/mol. The van der Waals surface area contributed by atoms with Gasteiger partial charge >= 0.3 is 0 Å². The van der Waals surface area contributed by atoms with E-state index in [1.54, 1.807) is 0 Å². The minimum Gasteiger partial charge on any atom is -0.383 e. The van der Waals surface area contributed by atoms with E-state index < -0.39 is 0 Å². The van der Waals surface area contributed by atoms with E-state index in [0.717, 1.165) is 30.2 Å². The fourth-order valence-corrected chi connectivity index (χ4v) is 2.71. The summed E-state index contributed by atoms with van der Waals surface area (Å²) in [6, 6.07) is 0.616. The number of nitrogens with zero attached hydrogens (tertiary/aromatic N) is 4. The van der Waals surface area contributed by atoms with Crippen LogP contribution in [0.5, 0.6) is 0 Å². The van der Waals surface area contributed by atoms with Crippen LogP contribution in [0.2, 0.25) is 0 Å². The van der Waals surface area contributed by atoms with Crippen LogP contribution < -0.4 is 10.6 Å². The van der Waals surface area contributed by atoms with E-state index in [2.05, 4.69) is 40.8 Å². The molecule has 1 atom stereocenters. The maximum atomic E-state index is 5.98. The van der Waals surface area contributed by atoms with E-state index in [9.17, 15) is 0 Å². The summed E-state index contributed by atoms with van der Waals surface area (Å²) >= 11 is 0. The molecule has 1 aromatic heterocycles. The predicted octanol–water partition coefficient (Wildman–Crippen LogP) is 1.46. The van der Waals surface area contributed by atoms with Crippen molar-refractivity contribution in [1.29, 1.82) is 0 Å². The third-order valence-electron chi connectivity index (χ3n) is 4.04. The van der Waals surface area contributed by atoms with Gasteiger partial charge in [-0.1, -0.05) is 6.92 Å². The Bertz CT molecular complexity index is 446. The van der Waals surface area contributed by atoms with Crippen LogP contribution in [0.4, 0.5) is 11.6 Å². The average molecular weight is 263 g/mol. The van der Waals surface area contributed by atoms with E-state index in [0.29, 0.717) is 11.9 Å². The highest BCUT2D eigenvalue weighted by atomic mass is 15.2. The maximum Gasteiger partial charge on any atom is 0.137 e. The van der Waals surface area contributed by atoms with Crippen LogP contribution >= 0.6 is 0 Å². The lowest BCUT2D eigenvalue weighted by molar-refractivity contribution is 0.314. The van der Waals surface area contributed by atoms with E-state index in [4.69, 9.17) is 5.73 Å². The molecule has 2 N–H and O–H groups in total. The molecule has 0 amide bonds. The Kier molecular flexibility index (Phi) is 4.24. The van der Waals surface area contributed by atoms with Crippen LogP contribution in [-0.2, 0) is 6.42 Å². The molecule has 1 aliphatic rings. The number of likely N-dealkylation sites (N-methyl/N-ethyl adjacent to an activating group) is 2. The second-order valence-corrected chi connectivity index (χ2v) is 5.48. The summed E-state index contributed by atoms with van der Waals surface area (Å²) in [5, 5.41) is 0. The zero-order chi connectivity index (χ0) is 14.0. The summed E-state index contributed by atoms with van der Waals surface area (Å²) in [5.41, 5.74) is 6.97. The zero-order valence-electron chi connectivity index (χ0n) is 12.5. The third kappa shape index (κ3) is 2.97. The van der Waals surface area contributed by atoms with Crippen molar-refractivity contribution >= 4 is 11.6 Å². The maximum absolute atomic E-state index is 5.98. The van der Waals surface area contributed by atoms with Crippen molar-refractivity contribution in [2.75, 3.05) is 37.8 Å². The van der Waals surface area contributed by atoms with Gasteiger partial charge < -0.3 is 15.5 Å². The number of likely N-dealkylation sites (tertiary alicyclic amines) is 1. The van der Waals surface area contributed by atoms with Crippen molar-refractivity contribution in [3.05, 3.63) is 11.4 Å². The molecule has 1 unspecified atom stereocenters. The number of hydrogen-bond donors (Lipinski definition) is 1. The van der Waals surface area contributed by atoms with Gasteiger partial charge in [-0.15, -0.1) is 0 Å². The van der Waals surface area contributed by atoms with E-state index in [1.807, 2.05) is 6.92 Å². The minimum absolute atomic E-state index is 0.605. The second-order valence-electron chi connectivity index (χ2n) is 5.48. The number of aryl methyl sites for hydroxylation is 1.